The fraction of sp³-hybridized carbons (Fsp3) is 1.00. The zero-order chi connectivity index (χ0) is 8.85. The van der Waals surface area contributed by atoms with Crippen molar-refractivity contribution in [3.63, 3.8) is 0 Å². The number of hydrogen-bond acceptors (Lipinski definition) is 3. The molecular formula is C8H21N3. The van der Waals surface area contributed by atoms with Crippen molar-refractivity contribution in [3.8, 4) is 0 Å². The van der Waals surface area contributed by atoms with Gasteiger partial charge < -0.3 is 16.0 Å². The first-order valence-electron chi connectivity index (χ1n) is 4.18. The van der Waals surface area contributed by atoms with E-state index < -0.39 is 0 Å². The molecule has 0 aromatic rings. The topological polar surface area (TPSA) is 41.3 Å². The van der Waals surface area contributed by atoms with Crippen LogP contribution in [0.3, 0.4) is 0 Å². The molecule has 0 aromatic heterocycles. The summed E-state index contributed by atoms with van der Waals surface area (Å²) in [6.07, 6.45) is 0. The van der Waals surface area contributed by atoms with Gasteiger partial charge in [0.25, 0.3) is 0 Å². The van der Waals surface area contributed by atoms with Crippen LogP contribution in [0.2, 0.25) is 0 Å². The predicted octanol–water partition coefficient (Wildman–Crippen LogP) is -0.127. The molecule has 0 amide bonds. The molecule has 11 heavy (non-hydrogen) atoms. The van der Waals surface area contributed by atoms with Gasteiger partial charge in [-0.2, -0.15) is 0 Å². The highest BCUT2D eigenvalue weighted by molar-refractivity contribution is 4.68. The molecule has 0 rings (SSSR count). The normalized spacial score (nSPS) is 16.9. The van der Waals surface area contributed by atoms with Crippen LogP contribution in [0.15, 0.2) is 0 Å². The van der Waals surface area contributed by atoms with Gasteiger partial charge >= 0.3 is 0 Å². The van der Waals surface area contributed by atoms with Gasteiger partial charge in [0.15, 0.2) is 0 Å². The monoisotopic (exact) mass is 159 g/mol. The molecule has 3 heteroatoms. The third kappa shape index (κ3) is 5.18. The van der Waals surface area contributed by atoms with Gasteiger partial charge in [-0.1, -0.05) is 0 Å². The summed E-state index contributed by atoms with van der Waals surface area (Å²) in [5.41, 5.74) is 5.67. The molecule has 0 aliphatic carbocycles. The number of likely N-dealkylation sites (N-methyl/N-ethyl adjacent to an activating group) is 2. The van der Waals surface area contributed by atoms with E-state index in [1.54, 1.807) is 0 Å². The number of rotatable bonds is 5. The number of hydrogen-bond donors (Lipinski definition) is 2. The van der Waals surface area contributed by atoms with Crippen LogP contribution in [0.4, 0.5) is 0 Å². The Morgan fingerprint density at radius 2 is 2.00 bits per heavy atom. The average molecular weight is 159 g/mol. The van der Waals surface area contributed by atoms with Crippen LogP contribution in [-0.2, 0) is 0 Å². The van der Waals surface area contributed by atoms with Crippen molar-refractivity contribution in [2.75, 3.05) is 27.2 Å². The fourth-order valence-corrected chi connectivity index (χ4v) is 1.09. The van der Waals surface area contributed by atoms with Crippen molar-refractivity contribution in [3.05, 3.63) is 0 Å². The molecule has 0 fully saturated rings. The van der Waals surface area contributed by atoms with E-state index in [1.165, 1.54) is 0 Å². The molecule has 0 bridgehead atoms. The van der Waals surface area contributed by atoms with Crippen LogP contribution in [0, 0.1) is 0 Å². The van der Waals surface area contributed by atoms with E-state index in [2.05, 4.69) is 24.2 Å². The van der Waals surface area contributed by atoms with Gasteiger partial charge in [-0.15, -0.1) is 0 Å². The summed E-state index contributed by atoms with van der Waals surface area (Å²) in [6.45, 7) is 6.20. The van der Waals surface area contributed by atoms with Crippen molar-refractivity contribution < 1.29 is 0 Å². The van der Waals surface area contributed by atoms with E-state index in [0.29, 0.717) is 6.04 Å². The van der Waals surface area contributed by atoms with Crippen LogP contribution in [-0.4, -0.2) is 44.2 Å². The molecule has 0 radical (unpaired) electrons. The quantitative estimate of drug-likeness (QED) is 0.587. The molecule has 0 spiro atoms. The Morgan fingerprint density at radius 3 is 2.36 bits per heavy atom. The van der Waals surface area contributed by atoms with Gasteiger partial charge in [-0.25, -0.2) is 0 Å². The highest BCUT2D eigenvalue weighted by atomic mass is 15.1. The SMILES string of the molecule is CNCC(C)N(C)CC(C)N. The summed E-state index contributed by atoms with van der Waals surface area (Å²) in [7, 11) is 4.07. The summed E-state index contributed by atoms with van der Waals surface area (Å²) >= 11 is 0. The van der Waals surface area contributed by atoms with Crippen LogP contribution < -0.4 is 11.1 Å². The molecule has 0 saturated heterocycles. The summed E-state index contributed by atoms with van der Waals surface area (Å²) in [5, 5.41) is 3.14. The molecule has 2 atom stereocenters. The maximum atomic E-state index is 5.67. The average Bonchev–Trinajstić information content (AvgIpc) is 1.86. The second-order valence-electron chi connectivity index (χ2n) is 3.32. The van der Waals surface area contributed by atoms with Crippen molar-refractivity contribution in [1.82, 2.24) is 10.2 Å². The van der Waals surface area contributed by atoms with Crippen LogP contribution in [0.25, 0.3) is 0 Å². The summed E-state index contributed by atoms with van der Waals surface area (Å²) in [5.74, 6) is 0. The van der Waals surface area contributed by atoms with Gasteiger partial charge in [-0.3, -0.25) is 0 Å². The summed E-state index contributed by atoms with van der Waals surface area (Å²) in [6, 6.07) is 0.824. The van der Waals surface area contributed by atoms with Crippen LogP contribution in [0.1, 0.15) is 13.8 Å². The maximum Gasteiger partial charge on any atom is 0.0189 e. The minimum Gasteiger partial charge on any atom is -0.327 e. The second-order valence-corrected chi connectivity index (χ2v) is 3.32. The zero-order valence-electron chi connectivity index (χ0n) is 8.09. The third-order valence-electron chi connectivity index (χ3n) is 1.83. The number of nitrogens with one attached hydrogen (secondary N) is 1. The third-order valence-corrected chi connectivity index (χ3v) is 1.83. The molecule has 2 unspecified atom stereocenters. The van der Waals surface area contributed by atoms with E-state index in [4.69, 9.17) is 5.73 Å². The van der Waals surface area contributed by atoms with E-state index in [-0.39, 0.29) is 6.04 Å². The highest BCUT2D eigenvalue weighted by Crippen LogP contribution is 1.94. The smallest absolute Gasteiger partial charge is 0.0189 e. The molecule has 0 aromatic carbocycles. The molecule has 3 nitrogen and oxygen atoms in total. The Hall–Kier alpha value is -0.120. The van der Waals surface area contributed by atoms with E-state index >= 15 is 0 Å². The van der Waals surface area contributed by atoms with Crippen molar-refractivity contribution in [2.45, 2.75) is 25.9 Å². The summed E-state index contributed by atoms with van der Waals surface area (Å²) < 4.78 is 0. The molecule has 68 valence electrons. The lowest BCUT2D eigenvalue weighted by atomic mass is 10.2. The van der Waals surface area contributed by atoms with Gasteiger partial charge in [0.2, 0.25) is 0 Å². The van der Waals surface area contributed by atoms with Crippen LogP contribution in [0.5, 0.6) is 0 Å². The molecular weight excluding hydrogens is 138 g/mol. The fourth-order valence-electron chi connectivity index (χ4n) is 1.09. The van der Waals surface area contributed by atoms with Gasteiger partial charge in [0.1, 0.15) is 0 Å². The highest BCUT2D eigenvalue weighted by Gasteiger charge is 2.08. The van der Waals surface area contributed by atoms with Gasteiger partial charge in [-0.05, 0) is 27.9 Å². The zero-order valence-corrected chi connectivity index (χ0v) is 8.09. The minimum atomic E-state index is 0.263. The van der Waals surface area contributed by atoms with Crippen molar-refractivity contribution >= 4 is 0 Å². The standard InChI is InChI=1S/C8H21N3/c1-7(9)6-11(4)8(2)5-10-3/h7-8,10H,5-6,9H2,1-4H3. The second kappa shape index (κ2) is 5.52. The van der Waals surface area contributed by atoms with E-state index in [0.717, 1.165) is 13.1 Å². The Kier molecular flexibility index (Phi) is 5.46. The lowest BCUT2D eigenvalue weighted by molar-refractivity contribution is 0.243. The first kappa shape index (κ1) is 10.9. The van der Waals surface area contributed by atoms with Crippen molar-refractivity contribution in [2.24, 2.45) is 5.73 Å². The molecule has 0 saturated carbocycles. The maximum absolute atomic E-state index is 5.67. The van der Waals surface area contributed by atoms with Gasteiger partial charge in [0, 0.05) is 25.2 Å². The first-order valence-corrected chi connectivity index (χ1v) is 4.18. The Bertz CT molecular complexity index is 93.3. The van der Waals surface area contributed by atoms with Gasteiger partial charge in [0.05, 0.1) is 0 Å². The summed E-state index contributed by atoms with van der Waals surface area (Å²) in [4.78, 5) is 2.27. The molecule has 0 heterocycles. The first-order chi connectivity index (χ1) is 5.07. The van der Waals surface area contributed by atoms with Crippen molar-refractivity contribution in [1.29, 1.82) is 0 Å². The Morgan fingerprint density at radius 1 is 1.45 bits per heavy atom. The molecule has 0 aliphatic rings. The predicted molar refractivity (Wildman–Crippen MR) is 49.7 cm³/mol. The minimum absolute atomic E-state index is 0.263. The van der Waals surface area contributed by atoms with E-state index in [1.807, 2.05) is 14.0 Å². The largest absolute Gasteiger partial charge is 0.327 e. The Balaban J connectivity index is 3.54. The molecule has 3 N–H and O–H groups in total. The number of nitrogens with two attached hydrogens (primary N) is 1. The lowest BCUT2D eigenvalue weighted by Crippen LogP contribution is -2.42. The van der Waals surface area contributed by atoms with E-state index in [9.17, 15) is 0 Å². The lowest BCUT2D eigenvalue weighted by Gasteiger charge is -2.25. The van der Waals surface area contributed by atoms with Crippen LogP contribution >= 0.6 is 0 Å². The number of nitrogens with zero attached hydrogens (tertiary/aromatic N) is 1. The molecule has 0 aliphatic heterocycles. The Labute approximate surface area is 69.9 Å².